The molecule has 0 heterocycles. The van der Waals surface area contributed by atoms with E-state index in [2.05, 4.69) is 0 Å². The van der Waals surface area contributed by atoms with E-state index in [1.54, 1.807) is 0 Å². The van der Waals surface area contributed by atoms with Gasteiger partial charge in [0, 0.05) is 0 Å². The standard InChI is InChI=1S/C15H28O3/c1-15(2,3)18-14(16)17-13-11-9-7-5-4-6-8-10-12-13/h13H,4-12H2,1-3H3. The summed E-state index contributed by atoms with van der Waals surface area (Å²) < 4.78 is 10.6. The highest BCUT2D eigenvalue weighted by Crippen LogP contribution is 2.20. The normalized spacial score (nSPS) is 20.2. The second kappa shape index (κ2) is 7.65. The van der Waals surface area contributed by atoms with Crippen LogP contribution in [0.3, 0.4) is 0 Å². The van der Waals surface area contributed by atoms with E-state index in [4.69, 9.17) is 9.47 Å². The Balaban J connectivity index is 2.34. The first-order valence-electron chi connectivity index (χ1n) is 7.37. The van der Waals surface area contributed by atoms with Gasteiger partial charge in [-0.15, -0.1) is 0 Å². The van der Waals surface area contributed by atoms with Gasteiger partial charge in [0.05, 0.1) is 0 Å². The highest BCUT2D eigenvalue weighted by atomic mass is 16.7. The molecule has 1 saturated carbocycles. The third-order valence-electron chi connectivity index (χ3n) is 3.20. The third kappa shape index (κ3) is 7.57. The third-order valence-corrected chi connectivity index (χ3v) is 3.20. The molecule has 1 rings (SSSR count). The van der Waals surface area contributed by atoms with Crippen LogP contribution in [0.2, 0.25) is 0 Å². The molecular weight excluding hydrogens is 228 g/mol. The van der Waals surface area contributed by atoms with Gasteiger partial charge in [0.15, 0.2) is 0 Å². The van der Waals surface area contributed by atoms with Gasteiger partial charge in [0.25, 0.3) is 0 Å². The number of ether oxygens (including phenoxy) is 2. The van der Waals surface area contributed by atoms with Crippen LogP contribution in [0.15, 0.2) is 0 Å². The molecule has 3 nitrogen and oxygen atoms in total. The fourth-order valence-corrected chi connectivity index (χ4v) is 2.30. The van der Waals surface area contributed by atoms with Crippen molar-refractivity contribution in [3.05, 3.63) is 0 Å². The molecule has 1 aliphatic rings. The molecule has 0 aliphatic heterocycles. The minimum atomic E-state index is -0.510. The summed E-state index contributed by atoms with van der Waals surface area (Å²) in [6.45, 7) is 5.59. The van der Waals surface area contributed by atoms with Crippen molar-refractivity contribution < 1.29 is 14.3 Å². The summed E-state index contributed by atoms with van der Waals surface area (Å²) in [4.78, 5) is 11.6. The van der Waals surface area contributed by atoms with E-state index in [1.165, 1.54) is 32.1 Å². The molecule has 0 amide bonds. The van der Waals surface area contributed by atoms with E-state index in [-0.39, 0.29) is 6.10 Å². The second-order valence-electron chi connectivity index (χ2n) is 6.26. The molecule has 0 aromatic rings. The monoisotopic (exact) mass is 256 g/mol. The van der Waals surface area contributed by atoms with E-state index < -0.39 is 11.8 Å². The molecule has 0 radical (unpaired) electrons. The molecule has 0 bridgehead atoms. The number of hydrogen-bond acceptors (Lipinski definition) is 3. The van der Waals surface area contributed by atoms with Crippen molar-refractivity contribution in [1.29, 1.82) is 0 Å². The van der Waals surface area contributed by atoms with Crippen LogP contribution in [-0.2, 0) is 9.47 Å². The number of rotatable bonds is 1. The van der Waals surface area contributed by atoms with Crippen LogP contribution in [0.25, 0.3) is 0 Å². The molecule has 106 valence electrons. The minimum absolute atomic E-state index is 0.0537. The van der Waals surface area contributed by atoms with Gasteiger partial charge in [0.2, 0.25) is 0 Å². The van der Waals surface area contributed by atoms with E-state index in [9.17, 15) is 4.79 Å². The Morgan fingerprint density at radius 3 is 1.78 bits per heavy atom. The maximum Gasteiger partial charge on any atom is 0.509 e. The predicted molar refractivity (Wildman–Crippen MR) is 72.7 cm³/mol. The van der Waals surface area contributed by atoms with Crippen molar-refractivity contribution in [2.75, 3.05) is 0 Å². The maximum absolute atomic E-state index is 11.6. The van der Waals surface area contributed by atoms with Crippen molar-refractivity contribution >= 4 is 6.16 Å². The zero-order valence-electron chi connectivity index (χ0n) is 12.2. The van der Waals surface area contributed by atoms with E-state index in [1.807, 2.05) is 20.8 Å². The summed E-state index contributed by atoms with van der Waals surface area (Å²) in [7, 11) is 0. The van der Waals surface area contributed by atoms with Crippen LogP contribution in [0, 0.1) is 0 Å². The smallest absolute Gasteiger partial charge is 0.431 e. The lowest BCUT2D eigenvalue weighted by atomic mass is 9.99. The molecule has 0 spiro atoms. The molecule has 0 atom stereocenters. The number of hydrogen-bond donors (Lipinski definition) is 0. The average molecular weight is 256 g/mol. The quantitative estimate of drug-likeness (QED) is 0.630. The van der Waals surface area contributed by atoms with Crippen molar-refractivity contribution in [2.24, 2.45) is 0 Å². The van der Waals surface area contributed by atoms with Gasteiger partial charge < -0.3 is 9.47 Å². The lowest BCUT2D eigenvalue weighted by Gasteiger charge is -2.23. The van der Waals surface area contributed by atoms with Gasteiger partial charge in [-0.3, -0.25) is 0 Å². The van der Waals surface area contributed by atoms with Crippen LogP contribution in [-0.4, -0.2) is 17.9 Å². The van der Waals surface area contributed by atoms with E-state index in [0.29, 0.717) is 0 Å². The zero-order chi connectivity index (χ0) is 13.4. The first-order chi connectivity index (χ1) is 8.47. The summed E-state index contributed by atoms with van der Waals surface area (Å²) in [5.74, 6) is 0. The van der Waals surface area contributed by atoms with Crippen LogP contribution in [0.5, 0.6) is 0 Å². The zero-order valence-corrected chi connectivity index (χ0v) is 12.2. The molecule has 3 heteroatoms. The topological polar surface area (TPSA) is 35.5 Å². The highest BCUT2D eigenvalue weighted by molar-refractivity contribution is 5.60. The summed E-state index contributed by atoms with van der Waals surface area (Å²) in [5, 5.41) is 0. The van der Waals surface area contributed by atoms with Crippen LogP contribution < -0.4 is 0 Å². The van der Waals surface area contributed by atoms with Crippen molar-refractivity contribution in [1.82, 2.24) is 0 Å². The summed E-state index contributed by atoms with van der Waals surface area (Å²) in [6, 6.07) is 0. The Labute approximate surface area is 111 Å². The Bertz CT molecular complexity index is 233. The van der Waals surface area contributed by atoms with Gasteiger partial charge in [-0.2, -0.15) is 0 Å². The van der Waals surface area contributed by atoms with Gasteiger partial charge in [-0.25, -0.2) is 4.79 Å². The summed E-state index contributed by atoms with van der Waals surface area (Å²) in [5.41, 5.74) is -0.465. The van der Waals surface area contributed by atoms with E-state index >= 15 is 0 Å². The average Bonchev–Trinajstić information content (AvgIpc) is 2.24. The summed E-state index contributed by atoms with van der Waals surface area (Å²) >= 11 is 0. The Morgan fingerprint density at radius 2 is 1.33 bits per heavy atom. The second-order valence-corrected chi connectivity index (χ2v) is 6.26. The number of carbonyl (C=O) groups is 1. The minimum Gasteiger partial charge on any atom is -0.431 e. The Morgan fingerprint density at radius 1 is 0.889 bits per heavy atom. The Hall–Kier alpha value is -0.730. The number of carbonyl (C=O) groups excluding carboxylic acids is 1. The van der Waals surface area contributed by atoms with Gasteiger partial charge in [-0.05, 0) is 46.5 Å². The molecule has 18 heavy (non-hydrogen) atoms. The molecule has 1 fully saturated rings. The van der Waals surface area contributed by atoms with Crippen molar-refractivity contribution in [2.45, 2.75) is 90.3 Å². The molecule has 0 aromatic heterocycles. The summed E-state index contributed by atoms with van der Waals surface area (Å²) in [6.07, 6.45) is 10.3. The largest absolute Gasteiger partial charge is 0.509 e. The van der Waals surface area contributed by atoms with Crippen molar-refractivity contribution in [3.8, 4) is 0 Å². The molecule has 0 unspecified atom stereocenters. The predicted octanol–water partition coefficient (Wildman–Crippen LogP) is 4.83. The fourth-order valence-electron chi connectivity index (χ4n) is 2.30. The maximum atomic E-state index is 11.6. The molecule has 0 N–H and O–H groups in total. The van der Waals surface area contributed by atoms with Crippen LogP contribution in [0.4, 0.5) is 4.79 Å². The fraction of sp³-hybridized carbons (Fsp3) is 0.933. The molecule has 0 aromatic carbocycles. The van der Waals surface area contributed by atoms with Gasteiger partial charge in [-0.1, -0.05) is 32.1 Å². The highest BCUT2D eigenvalue weighted by Gasteiger charge is 2.21. The van der Waals surface area contributed by atoms with Crippen molar-refractivity contribution in [3.63, 3.8) is 0 Å². The molecular formula is C15H28O3. The SMILES string of the molecule is CC(C)(C)OC(=O)OC1CCCCCCCCC1. The molecule has 0 saturated heterocycles. The van der Waals surface area contributed by atoms with E-state index in [0.717, 1.165) is 25.7 Å². The Kier molecular flexibility index (Phi) is 6.51. The first-order valence-corrected chi connectivity index (χ1v) is 7.37. The lowest BCUT2D eigenvalue weighted by Crippen LogP contribution is -2.27. The van der Waals surface area contributed by atoms with Crippen LogP contribution >= 0.6 is 0 Å². The lowest BCUT2D eigenvalue weighted by molar-refractivity contribution is -0.0308. The van der Waals surface area contributed by atoms with Crippen LogP contribution in [0.1, 0.15) is 78.6 Å². The van der Waals surface area contributed by atoms with Gasteiger partial charge >= 0.3 is 6.16 Å². The van der Waals surface area contributed by atoms with Gasteiger partial charge in [0.1, 0.15) is 11.7 Å². The molecule has 1 aliphatic carbocycles. The first kappa shape index (κ1) is 15.3.